The van der Waals surface area contributed by atoms with Crippen LogP contribution in [0.25, 0.3) is 0 Å². The molecule has 3 rings (SSSR count). The average molecular weight is 540 g/mol. The fourth-order valence-corrected chi connectivity index (χ4v) is 5.88. The predicted molar refractivity (Wildman–Crippen MR) is 131 cm³/mol. The molecule has 0 spiro atoms. The minimum absolute atomic E-state index is 0.0676. The smallest absolute Gasteiger partial charge is 0.410 e. The first-order valence-corrected chi connectivity index (χ1v) is 13.1. The summed E-state index contributed by atoms with van der Waals surface area (Å²) in [6.45, 7) is 3.61. The maximum absolute atomic E-state index is 12.7. The molecule has 0 bridgehead atoms. The Hall–Kier alpha value is -2.58. The molecule has 1 amide bonds. The van der Waals surface area contributed by atoms with Gasteiger partial charge in [-0.3, -0.25) is 9.08 Å². The molecular formula is C25H33NO10S. The molecule has 5 N–H and O–H groups in total. The number of hydrogen-bond donors (Lipinski definition) is 5. The van der Waals surface area contributed by atoms with Crippen LogP contribution in [0.1, 0.15) is 22.3 Å². The summed E-state index contributed by atoms with van der Waals surface area (Å²) in [5.74, 6) is 0. The molecule has 6 atom stereocenters. The van der Waals surface area contributed by atoms with Crippen LogP contribution in [-0.2, 0) is 25.6 Å². The van der Waals surface area contributed by atoms with Gasteiger partial charge in [0, 0.05) is 0 Å². The van der Waals surface area contributed by atoms with Gasteiger partial charge >= 0.3 is 6.09 Å². The Morgan fingerprint density at radius 3 is 2.24 bits per heavy atom. The number of carbonyl (C=O) groups is 1. The monoisotopic (exact) mass is 539 g/mol. The maximum Gasteiger partial charge on any atom is 0.410 e. The van der Waals surface area contributed by atoms with Gasteiger partial charge in [0.05, 0.1) is 30.2 Å². The summed E-state index contributed by atoms with van der Waals surface area (Å²) in [6.07, 6.45) is -10.00. The van der Waals surface area contributed by atoms with Crippen molar-refractivity contribution in [2.75, 3.05) is 13.2 Å². The van der Waals surface area contributed by atoms with Crippen LogP contribution in [0.15, 0.2) is 47.4 Å². The van der Waals surface area contributed by atoms with Crippen molar-refractivity contribution in [2.24, 2.45) is 0 Å². The number of likely N-dealkylation sites (tertiary alicyclic amines) is 1. The summed E-state index contributed by atoms with van der Waals surface area (Å²) >= 11 is 0. The number of rotatable bonds is 9. The second-order valence-corrected chi connectivity index (χ2v) is 10.8. The summed E-state index contributed by atoms with van der Waals surface area (Å²) in [6, 6.07) is 10.5. The summed E-state index contributed by atoms with van der Waals surface area (Å²) in [4.78, 5) is 13.4. The van der Waals surface area contributed by atoms with E-state index in [9.17, 15) is 38.7 Å². The van der Waals surface area contributed by atoms with E-state index in [0.717, 1.165) is 10.5 Å². The molecule has 1 heterocycles. The molecule has 0 aliphatic carbocycles. The summed E-state index contributed by atoms with van der Waals surface area (Å²) in [5.41, 5.74) is 2.43. The number of β-amino-alcohol motifs (C(OH)–C–C–N with tert-alkyl or cyclic N) is 1. The van der Waals surface area contributed by atoms with Crippen LogP contribution in [0.2, 0.25) is 0 Å². The highest BCUT2D eigenvalue weighted by atomic mass is 32.2. The van der Waals surface area contributed by atoms with Gasteiger partial charge in [-0.25, -0.2) is 4.79 Å². The molecule has 204 valence electrons. The quantitative estimate of drug-likeness (QED) is 0.276. The first kappa shape index (κ1) is 29.0. The lowest BCUT2D eigenvalue weighted by Gasteiger charge is -2.33. The van der Waals surface area contributed by atoms with Gasteiger partial charge in [-0.1, -0.05) is 48.0 Å². The van der Waals surface area contributed by atoms with Crippen molar-refractivity contribution in [1.82, 2.24) is 4.90 Å². The Bertz CT molecular complexity index is 1170. The SMILES string of the molecule is Cc1cc(C)c(S(=O)(=O)OC[C@H](O)[C@@H](O)[C@H](O)[C@H]2[C@H](O)[C@@H](O)CN2C(=O)OCc2ccccc2)c(C)c1. The fourth-order valence-electron chi connectivity index (χ4n) is 4.54. The van der Waals surface area contributed by atoms with Crippen molar-refractivity contribution in [2.45, 2.75) is 68.8 Å². The van der Waals surface area contributed by atoms with Gasteiger partial charge in [-0.2, -0.15) is 8.42 Å². The number of benzene rings is 2. The lowest BCUT2D eigenvalue weighted by Crippen LogP contribution is -2.55. The van der Waals surface area contributed by atoms with Gasteiger partial charge in [0.15, 0.2) is 0 Å². The van der Waals surface area contributed by atoms with E-state index in [1.807, 2.05) is 6.92 Å². The van der Waals surface area contributed by atoms with E-state index in [-0.39, 0.29) is 11.5 Å². The summed E-state index contributed by atoms with van der Waals surface area (Å²) in [5, 5.41) is 52.1. The number of aryl methyl sites for hydroxylation is 3. The number of aliphatic hydroxyl groups is 5. The fraction of sp³-hybridized carbons (Fsp3) is 0.480. The van der Waals surface area contributed by atoms with Crippen LogP contribution in [0.5, 0.6) is 0 Å². The van der Waals surface area contributed by atoms with Crippen LogP contribution in [0.4, 0.5) is 4.79 Å². The van der Waals surface area contributed by atoms with Crippen molar-refractivity contribution in [3.8, 4) is 0 Å². The van der Waals surface area contributed by atoms with E-state index in [1.165, 1.54) is 0 Å². The van der Waals surface area contributed by atoms with Crippen LogP contribution >= 0.6 is 0 Å². The van der Waals surface area contributed by atoms with E-state index in [4.69, 9.17) is 8.92 Å². The van der Waals surface area contributed by atoms with Gasteiger partial charge in [0.1, 0.15) is 31.0 Å². The molecule has 2 aromatic rings. The van der Waals surface area contributed by atoms with E-state index < -0.39 is 65.9 Å². The molecular weight excluding hydrogens is 506 g/mol. The molecule has 1 aliphatic rings. The standard InChI is InChI=1S/C25H33NO10S/c1-14-9-15(2)24(16(3)10-14)37(33,34)36-13-19(28)22(30)23(31)20-21(29)18(27)11-26(20)25(32)35-12-17-7-5-4-6-8-17/h4-10,18-23,27-31H,11-13H2,1-3H3/t18-,19-,20+,21+,22+,23+/m0/s1. The molecule has 1 aliphatic heterocycles. The largest absolute Gasteiger partial charge is 0.445 e. The highest BCUT2D eigenvalue weighted by Gasteiger charge is 2.49. The highest BCUT2D eigenvalue weighted by Crippen LogP contribution is 2.27. The zero-order valence-electron chi connectivity index (χ0n) is 20.8. The minimum atomic E-state index is -4.32. The lowest BCUT2D eigenvalue weighted by molar-refractivity contribution is -0.109. The number of carbonyl (C=O) groups excluding carboxylic acids is 1. The molecule has 0 unspecified atom stereocenters. The van der Waals surface area contributed by atoms with Crippen molar-refractivity contribution < 1.29 is 47.7 Å². The Morgan fingerprint density at radius 2 is 1.65 bits per heavy atom. The molecule has 11 nitrogen and oxygen atoms in total. The first-order valence-electron chi connectivity index (χ1n) is 11.7. The van der Waals surface area contributed by atoms with Gasteiger partial charge in [0.2, 0.25) is 0 Å². The van der Waals surface area contributed by atoms with E-state index in [1.54, 1.807) is 56.3 Å². The lowest BCUT2D eigenvalue weighted by atomic mass is 9.97. The summed E-state index contributed by atoms with van der Waals surface area (Å²) in [7, 11) is -4.32. The number of hydrogen-bond acceptors (Lipinski definition) is 10. The maximum atomic E-state index is 12.7. The predicted octanol–water partition coefficient (Wildman–Crippen LogP) is 0.143. The molecule has 1 fully saturated rings. The van der Waals surface area contributed by atoms with Crippen LogP contribution in [-0.4, -0.2) is 94.7 Å². The first-order chi connectivity index (χ1) is 17.3. The summed E-state index contributed by atoms with van der Waals surface area (Å²) < 4.78 is 35.7. The molecule has 12 heteroatoms. The topological polar surface area (TPSA) is 174 Å². The van der Waals surface area contributed by atoms with Crippen molar-refractivity contribution >= 4 is 16.2 Å². The average Bonchev–Trinajstić information content (AvgIpc) is 3.14. The molecule has 1 saturated heterocycles. The number of nitrogens with zero attached hydrogens (tertiary/aromatic N) is 1. The second-order valence-electron chi connectivity index (χ2n) is 9.26. The molecule has 2 aromatic carbocycles. The zero-order chi connectivity index (χ0) is 27.5. The van der Waals surface area contributed by atoms with Crippen LogP contribution < -0.4 is 0 Å². The van der Waals surface area contributed by atoms with Crippen molar-refractivity contribution in [1.29, 1.82) is 0 Å². The van der Waals surface area contributed by atoms with E-state index in [0.29, 0.717) is 16.7 Å². The third-order valence-electron chi connectivity index (χ3n) is 6.27. The minimum Gasteiger partial charge on any atom is -0.445 e. The number of amides is 1. The van der Waals surface area contributed by atoms with Gasteiger partial charge in [-0.15, -0.1) is 0 Å². The van der Waals surface area contributed by atoms with E-state index in [2.05, 4.69) is 0 Å². The second kappa shape index (κ2) is 11.9. The Kier molecular flexibility index (Phi) is 9.29. The zero-order valence-corrected chi connectivity index (χ0v) is 21.6. The Balaban J connectivity index is 1.67. The molecule has 0 aromatic heterocycles. The highest BCUT2D eigenvalue weighted by molar-refractivity contribution is 7.86. The van der Waals surface area contributed by atoms with Crippen LogP contribution in [0, 0.1) is 20.8 Å². The van der Waals surface area contributed by atoms with Crippen molar-refractivity contribution in [3.63, 3.8) is 0 Å². The van der Waals surface area contributed by atoms with Gasteiger partial charge in [-0.05, 0) is 37.5 Å². The molecule has 0 saturated carbocycles. The van der Waals surface area contributed by atoms with Crippen LogP contribution in [0.3, 0.4) is 0 Å². The van der Waals surface area contributed by atoms with Crippen molar-refractivity contribution in [3.05, 3.63) is 64.7 Å². The number of ether oxygens (including phenoxy) is 1. The third kappa shape index (κ3) is 6.65. The Labute approximate surface area is 215 Å². The molecule has 37 heavy (non-hydrogen) atoms. The normalized spacial score (nSPS) is 22.5. The Morgan fingerprint density at radius 1 is 1.05 bits per heavy atom. The van der Waals surface area contributed by atoms with E-state index >= 15 is 0 Å². The van der Waals surface area contributed by atoms with Gasteiger partial charge < -0.3 is 30.3 Å². The molecule has 0 radical (unpaired) electrons. The van der Waals surface area contributed by atoms with Gasteiger partial charge in [0.25, 0.3) is 10.1 Å². The third-order valence-corrected chi connectivity index (χ3v) is 7.86. The number of aliphatic hydroxyl groups excluding tert-OH is 5.